The van der Waals surface area contributed by atoms with Crippen LogP contribution >= 0.6 is 0 Å². The molecule has 2 heterocycles. The molecule has 1 aromatic carbocycles. The highest BCUT2D eigenvalue weighted by atomic mass is 32.2. The summed E-state index contributed by atoms with van der Waals surface area (Å²) in [6.07, 6.45) is 4.31. The van der Waals surface area contributed by atoms with Crippen LogP contribution in [-0.4, -0.2) is 42.9 Å². The molecule has 0 bridgehead atoms. The van der Waals surface area contributed by atoms with Gasteiger partial charge in [-0.05, 0) is 24.0 Å². The maximum Gasteiger partial charge on any atom is 0.231 e. The molecule has 11 nitrogen and oxygen atoms in total. The van der Waals surface area contributed by atoms with Crippen molar-refractivity contribution in [3.63, 3.8) is 0 Å². The number of benzene rings is 1. The molecule has 2 unspecified atom stereocenters. The Morgan fingerprint density at radius 3 is 2.82 bits per heavy atom. The van der Waals surface area contributed by atoms with Crippen LogP contribution in [0.5, 0.6) is 0 Å². The number of ketones is 1. The summed E-state index contributed by atoms with van der Waals surface area (Å²) >= 11 is -1.80. The second kappa shape index (κ2) is 12.8. The Balaban J connectivity index is 1.74. The molecule has 12 heteroatoms. The zero-order valence-electron chi connectivity index (χ0n) is 18.8. The summed E-state index contributed by atoms with van der Waals surface area (Å²) in [6, 6.07) is 11.2. The number of hydrogen-bond acceptors (Lipinski definition) is 9. The van der Waals surface area contributed by atoms with E-state index in [1.54, 1.807) is 10.7 Å². The molecule has 3 N–H and O–H groups in total. The smallest absolute Gasteiger partial charge is 0.231 e. The normalized spacial score (nSPS) is 12.8. The number of rotatable bonds is 14. The fraction of sp³-hybridized carbons (Fsp3) is 0.364. The van der Waals surface area contributed by atoms with Crippen molar-refractivity contribution >= 4 is 22.9 Å². The predicted molar refractivity (Wildman–Crippen MR) is 128 cm³/mol. The SMILES string of the molecule is CCC(CCNc1ncncc1C(=O)c1cc(CN=O)n(Cc2ccccc2)n1)COS(N)=O. The molecule has 0 saturated heterocycles. The van der Waals surface area contributed by atoms with Gasteiger partial charge in [0.05, 0.1) is 24.4 Å². The van der Waals surface area contributed by atoms with Gasteiger partial charge in [0.25, 0.3) is 0 Å². The quantitative estimate of drug-likeness (QED) is 0.261. The van der Waals surface area contributed by atoms with E-state index in [0.717, 1.165) is 12.0 Å². The molecule has 3 rings (SSSR count). The molecule has 3 aromatic rings. The third-order valence-electron chi connectivity index (χ3n) is 5.30. The Bertz CT molecular complexity index is 1120. The summed E-state index contributed by atoms with van der Waals surface area (Å²) in [7, 11) is 0. The molecule has 0 radical (unpaired) electrons. The van der Waals surface area contributed by atoms with Crippen LogP contribution in [0, 0.1) is 10.8 Å². The van der Waals surface area contributed by atoms with E-state index < -0.39 is 11.3 Å². The lowest BCUT2D eigenvalue weighted by molar-refractivity contribution is 0.103. The minimum Gasteiger partial charge on any atom is -0.369 e. The van der Waals surface area contributed by atoms with Crippen LogP contribution in [-0.2, 0) is 28.5 Å². The minimum absolute atomic E-state index is 0.0996. The molecule has 0 amide bonds. The second-order valence-corrected chi connectivity index (χ2v) is 8.36. The molecule has 0 aliphatic heterocycles. The first-order chi connectivity index (χ1) is 16.5. The summed E-state index contributed by atoms with van der Waals surface area (Å²) in [6.45, 7) is 3.11. The number of carbonyl (C=O) groups excluding carboxylic acids is 1. The van der Waals surface area contributed by atoms with E-state index in [4.69, 9.17) is 9.32 Å². The lowest BCUT2D eigenvalue weighted by atomic mass is 10.0. The fourth-order valence-electron chi connectivity index (χ4n) is 3.39. The van der Waals surface area contributed by atoms with Gasteiger partial charge in [-0.3, -0.25) is 13.7 Å². The lowest BCUT2D eigenvalue weighted by Gasteiger charge is -2.15. The molecular weight excluding hydrogens is 458 g/mol. The summed E-state index contributed by atoms with van der Waals surface area (Å²) in [5.74, 6) is 0.162. The van der Waals surface area contributed by atoms with Crippen LogP contribution < -0.4 is 10.5 Å². The summed E-state index contributed by atoms with van der Waals surface area (Å²) in [4.78, 5) is 32.4. The van der Waals surface area contributed by atoms with E-state index in [-0.39, 0.29) is 36.1 Å². The lowest BCUT2D eigenvalue weighted by Crippen LogP contribution is -2.18. The van der Waals surface area contributed by atoms with Crippen molar-refractivity contribution in [1.29, 1.82) is 0 Å². The van der Waals surface area contributed by atoms with Gasteiger partial charge in [0.1, 0.15) is 24.4 Å². The van der Waals surface area contributed by atoms with E-state index in [0.29, 0.717) is 31.0 Å². The van der Waals surface area contributed by atoms with Gasteiger partial charge in [-0.15, -0.1) is 0 Å². The van der Waals surface area contributed by atoms with Crippen LogP contribution in [0.2, 0.25) is 0 Å². The summed E-state index contributed by atoms with van der Waals surface area (Å²) < 4.78 is 17.5. The molecule has 2 atom stereocenters. The monoisotopic (exact) mass is 485 g/mol. The van der Waals surface area contributed by atoms with E-state index in [9.17, 15) is 13.9 Å². The Morgan fingerprint density at radius 2 is 2.12 bits per heavy atom. The second-order valence-electron chi connectivity index (χ2n) is 7.60. The predicted octanol–water partition coefficient (Wildman–Crippen LogP) is 2.60. The van der Waals surface area contributed by atoms with Crippen LogP contribution in [0.4, 0.5) is 5.82 Å². The maximum absolute atomic E-state index is 13.2. The highest BCUT2D eigenvalue weighted by Gasteiger charge is 2.20. The number of aromatic nitrogens is 4. The first-order valence-corrected chi connectivity index (χ1v) is 11.9. The third-order valence-corrected chi connectivity index (χ3v) is 5.67. The van der Waals surface area contributed by atoms with Gasteiger partial charge in [-0.2, -0.15) is 10.0 Å². The highest BCUT2D eigenvalue weighted by molar-refractivity contribution is 7.77. The first-order valence-electron chi connectivity index (χ1n) is 10.8. The Hall–Kier alpha value is -3.35. The number of nitrogens with zero attached hydrogens (tertiary/aromatic N) is 5. The molecule has 2 aromatic heterocycles. The Morgan fingerprint density at radius 1 is 1.32 bits per heavy atom. The number of carbonyl (C=O) groups is 1. The van der Waals surface area contributed by atoms with E-state index in [1.165, 1.54) is 12.5 Å². The number of nitrogens with two attached hydrogens (primary N) is 1. The van der Waals surface area contributed by atoms with Gasteiger partial charge in [0, 0.05) is 12.7 Å². The number of nitrogens with one attached hydrogen (secondary N) is 1. The molecule has 34 heavy (non-hydrogen) atoms. The van der Waals surface area contributed by atoms with E-state index in [1.807, 2.05) is 37.3 Å². The van der Waals surface area contributed by atoms with Gasteiger partial charge in [-0.1, -0.05) is 48.9 Å². The van der Waals surface area contributed by atoms with Gasteiger partial charge >= 0.3 is 0 Å². The van der Waals surface area contributed by atoms with Crippen molar-refractivity contribution in [1.82, 2.24) is 19.7 Å². The van der Waals surface area contributed by atoms with E-state index >= 15 is 0 Å². The molecule has 0 aliphatic rings. The molecular formula is C22H27N7O4S. The average molecular weight is 486 g/mol. The number of nitroso groups, excluding NO2 is 1. The fourth-order valence-corrected chi connectivity index (χ4v) is 3.72. The van der Waals surface area contributed by atoms with Crippen molar-refractivity contribution in [2.24, 2.45) is 16.2 Å². The third kappa shape index (κ3) is 7.07. The van der Waals surface area contributed by atoms with Crippen molar-refractivity contribution < 1.29 is 13.2 Å². The Kier molecular flexibility index (Phi) is 9.50. The van der Waals surface area contributed by atoms with Crippen molar-refractivity contribution in [3.8, 4) is 0 Å². The largest absolute Gasteiger partial charge is 0.369 e. The molecule has 180 valence electrons. The highest BCUT2D eigenvalue weighted by Crippen LogP contribution is 2.18. The van der Waals surface area contributed by atoms with Crippen LogP contribution in [0.15, 0.2) is 54.1 Å². The minimum atomic E-state index is -1.80. The van der Waals surface area contributed by atoms with Crippen LogP contribution in [0.25, 0.3) is 0 Å². The van der Waals surface area contributed by atoms with E-state index in [2.05, 4.69) is 25.6 Å². The van der Waals surface area contributed by atoms with Crippen molar-refractivity contribution in [3.05, 3.63) is 76.3 Å². The summed E-state index contributed by atoms with van der Waals surface area (Å²) in [5, 5.41) is 15.7. The molecule has 0 saturated carbocycles. The number of hydrogen-bond donors (Lipinski definition) is 2. The van der Waals surface area contributed by atoms with Gasteiger partial charge in [-0.25, -0.2) is 19.3 Å². The average Bonchev–Trinajstić information content (AvgIpc) is 3.24. The maximum atomic E-state index is 13.2. The topological polar surface area (TPSA) is 154 Å². The first kappa shape index (κ1) is 25.3. The van der Waals surface area contributed by atoms with Crippen LogP contribution in [0.3, 0.4) is 0 Å². The number of anilines is 1. The van der Waals surface area contributed by atoms with Gasteiger partial charge in [0.2, 0.25) is 17.0 Å². The standard InChI is InChI=1S/C22H27N7O4S/c1-2-16(14-33-34(23)32)8-9-25-22-19(12-24-15-26-22)21(30)20-10-18(11-27-31)29(28-20)13-17-6-4-3-5-7-17/h3-7,10,12,15-16H,2,8-9,11,13-14,23H2,1H3,(H,24,25,26). The van der Waals surface area contributed by atoms with Gasteiger partial charge in [0.15, 0.2) is 0 Å². The van der Waals surface area contributed by atoms with Gasteiger partial charge < -0.3 is 5.32 Å². The molecule has 0 spiro atoms. The summed E-state index contributed by atoms with van der Waals surface area (Å²) in [5.41, 5.74) is 1.97. The van der Waals surface area contributed by atoms with Crippen LogP contribution in [0.1, 0.15) is 47.1 Å². The zero-order valence-corrected chi connectivity index (χ0v) is 19.6. The van der Waals surface area contributed by atoms with Crippen molar-refractivity contribution in [2.75, 3.05) is 18.5 Å². The molecule has 0 fully saturated rings. The molecule has 0 aliphatic carbocycles. The Labute approximate surface area is 199 Å². The zero-order chi connectivity index (χ0) is 24.3. The van der Waals surface area contributed by atoms with Crippen molar-refractivity contribution in [2.45, 2.75) is 32.9 Å².